The Kier molecular flexibility index (Phi) is 6.58. The van der Waals surface area contributed by atoms with Crippen molar-refractivity contribution in [2.45, 2.75) is 39.0 Å². The van der Waals surface area contributed by atoms with Crippen molar-refractivity contribution in [2.24, 2.45) is 0 Å². The normalized spacial score (nSPS) is 13.0. The molecule has 1 aliphatic rings. The second-order valence-electron chi connectivity index (χ2n) is 7.20. The Labute approximate surface area is 165 Å². The van der Waals surface area contributed by atoms with Crippen LogP contribution in [0.1, 0.15) is 57.5 Å². The second kappa shape index (κ2) is 9.31. The number of carbonyl (C=O) groups excluding carboxylic acids is 3. The summed E-state index contributed by atoms with van der Waals surface area (Å²) >= 11 is 0. The van der Waals surface area contributed by atoms with Crippen LogP contribution in [0.25, 0.3) is 0 Å². The average Bonchev–Trinajstić information content (AvgIpc) is 2.94. The zero-order valence-electron chi connectivity index (χ0n) is 16.2. The molecular weight excluding hydrogens is 352 g/mol. The Morgan fingerprint density at radius 2 is 1.54 bits per heavy atom. The van der Waals surface area contributed by atoms with Gasteiger partial charge in [-0.25, -0.2) is 0 Å². The molecule has 0 fully saturated rings. The highest BCUT2D eigenvalue weighted by Crippen LogP contribution is 2.22. The molecule has 146 valence electrons. The average molecular weight is 378 g/mol. The van der Waals surface area contributed by atoms with E-state index < -0.39 is 0 Å². The van der Waals surface area contributed by atoms with Gasteiger partial charge in [0.05, 0.1) is 11.1 Å². The molecule has 0 aromatic heterocycles. The predicted molar refractivity (Wildman–Crippen MR) is 108 cm³/mol. The third-order valence-corrected chi connectivity index (χ3v) is 5.00. The number of nitrogens with one attached hydrogen (secondary N) is 1. The minimum Gasteiger partial charge on any atom is -0.356 e. The molecule has 0 saturated heterocycles. The summed E-state index contributed by atoms with van der Waals surface area (Å²) in [6.45, 7) is 3.00. The number of imide groups is 1. The number of hydrogen-bond acceptors (Lipinski definition) is 3. The van der Waals surface area contributed by atoms with E-state index in [0.717, 1.165) is 19.3 Å². The molecular formula is C23H26N2O3. The molecule has 0 atom stereocenters. The number of carbonyl (C=O) groups is 3. The van der Waals surface area contributed by atoms with E-state index in [9.17, 15) is 14.4 Å². The third kappa shape index (κ3) is 4.85. The van der Waals surface area contributed by atoms with Crippen LogP contribution >= 0.6 is 0 Å². The Hall–Kier alpha value is -2.95. The molecule has 3 rings (SSSR count). The maximum Gasteiger partial charge on any atom is 0.261 e. The lowest BCUT2D eigenvalue weighted by atomic mass is 10.1. The van der Waals surface area contributed by atoms with Crippen LogP contribution in [-0.4, -0.2) is 35.7 Å². The van der Waals surface area contributed by atoms with E-state index in [-0.39, 0.29) is 24.3 Å². The van der Waals surface area contributed by atoms with Gasteiger partial charge >= 0.3 is 0 Å². The molecule has 28 heavy (non-hydrogen) atoms. The first-order valence-electron chi connectivity index (χ1n) is 9.84. The van der Waals surface area contributed by atoms with E-state index >= 15 is 0 Å². The van der Waals surface area contributed by atoms with Gasteiger partial charge in [-0.15, -0.1) is 0 Å². The molecule has 3 amide bonds. The molecule has 0 aliphatic carbocycles. The zero-order valence-corrected chi connectivity index (χ0v) is 16.2. The first-order valence-corrected chi connectivity index (χ1v) is 9.84. The van der Waals surface area contributed by atoms with Gasteiger partial charge in [0.1, 0.15) is 0 Å². The predicted octanol–water partition coefficient (Wildman–Crippen LogP) is 3.51. The smallest absolute Gasteiger partial charge is 0.261 e. The molecule has 1 heterocycles. The molecule has 5 heteroatoms. The van der Waals surface area contributed by atoms with Crippen molar-refractivity contribution in [3.8, 4) is 0 Å². The van der Waals surface area contributed by atoms with Gasteiger partial charge < -0.3 is 5.32 Å². The summed E-state index contributed by atoms with van der Waals surface area (Å²) in [5.41, 5.74) is 3.48. The highest BCUT2D eigenvalue weighted by Gasteiger charge is 2.34. The number of hydrogen-bond donors (Lipinski definition) is 1. The number of amides is 3. The second-order valence-corrected chi connectivity index (χ2v) is 7.20. The number of fused-ring (bicyclic) bond motifs is 1. The lowest BCUT2D eigenvalue weighted by molar-refractivity contribution is -0.121. The highest BCUT2D eigenvalue weighted by molar-refractivity contribution is 6.21. The summed E-state index contributed by atoms with van der Waals surface area (Å²) in [5, 5.41) is 2.92. The fourth-order valence-corrected chi connectivity index (χ4v) is 3.37. The van der Waals surface area contributed by atoms with E-state index in [1.807, 2.05) is 0 Å². The van der Waals surface area contributed by atoms with E-state index in [0.29, 0.717) is 30.5 Å². The van der Waals surface area contributed by atoms with E-state index in [1.165, 1.54) is 16.0 Å². The Morgan fingerprint density at radius 3 is 2.18 bits per heavy atom. The van der Waals surface area contributed by atoms with Gasteiger partial charge in [-0.2, -0.15) is 0 Å². The molecule has 0 radical (unpaired) electrons. The van der Waals surface area contributed by atoms with Crippen LogP contribution < -0.4 is 5.32 Å². The maximum atomic E-state index is 12.3. The summed E-state index contributed by atoms with van der Waals surface area (Å²) in [5.74, 6) is -0.568. The first kappa shape index (κ1) is 19.8. The van der Waals surface area contributed by atoms with Crippen LogP contribution in [0.4, 0.5) is 0 Å². The minimum atomic E-state index is -0.267. The van der Waals surface area contributed by atoms with Gasteiger partial charge in [-0.05, 0) is 50.3 Å². The number of nitrogens with zero attached hydrogens (tertiary/aromatic N) is 1. The van der Waals surface area contributed by atoms with E-state index in [4.69, 9.17) is 0 Å². The van der Waals surface area contributed by atoms with Gasteiger partial charge in [0.2, 0.25) is 5.91 Å². The summed E-state index contributed by atoms with van der Waals surface area (Å²) in [4.78, 5) is 37.7. The number of unbranched alkanes of at least 4 members (excludes halogenated alkanes) is 1. The molecule has 0 bridgehead atoms. The summed E-state index contributed by atoms with van der Waals surface area (Å²) < 4.78 is 0. The summed E-state index contributed by atoms with van der Waals surface area (Å²) in [6.07, 6.45) is 3.75. The molecule has 0 saturated carbocycles. The molecule has 2 aromatic rings. The summed E-state index contributed by atoms with van der Waals surface area (Å²) in [6, 6.07) is 15.4. The van der Waals surface area contributed by atoms with Crippen LogP contribution in [0.3, 0.4) is 0 Å². The van der Waals surface area contributed by atoms with Crippen LogP contribution in [0.15, 0.2) is 48.5 Å². The largest absolute Gasteiger partial charge is 0.356 e. The van der Waals surface area contributed by atoms with Gasteiger partial charge in [-0.1, -0.05) is 42.0 Å². The van der Waals surface area contributed by atoms with Crippen molar-refractivity contribution in [1.82, 2.24) is 10.2 Å². The highest BCUT2D eigenvalue weighted by atomic mass is 16.2. The van der Waals surface area contributed by atoms with Crippen LogP contribution in [0.2, 0.25) is 0 Å². The molecule has 0 spiro atoms. The lowest BCUT2D eigenvalue weighted by Crippen LogP contribution is -2.32. The van der Waals surface area contributed by atoms with Crippen molar-refractivity contribution in [3.63, 3.8) is 0 Å². The molecule has 5 nitrogen and oxygen atoms in total. The Bertz CT molecular complexity index is 823. The fraction of sp³-hybridized carbons (Fsp3) is 0.348. The zero-order chi connectivity index (χ0) is 19.9. The first-order chi connectivity index (χ1) is 13.6. The van der Waals surface area contributed by atoms with Crippen molar-refractivity contribution in [1.29, 1.82) is 0 Å². The molecule has 2 aromatic carbocycles. The maximum absolute atomic E-state index is 12.3. The van der Waals surface area contributed by atoms with Gasteiger partial charge in [0, 0.05) is 19.5 Å². The number of rotatable bonds is 9. The summed E-state index contributed by atoms with van der Waals surface area (Å²) in [7, 11) is 0. The number of benzene rings is 2. The van der Waals surface area contributed by atoms with Crippen LogP contribution in [0.5, 0.6) is 0 Å². The number of aryl methyl sites for hydroxylation is 2. The topological polar surface area (TPSA) is 66.5 Å². The van der Waals surface area contributed by atoms with Gasteiger partial charge in [0.15, 0.2) is 0 Å². The quantitative estimate of drug-likeness (QED) is 0.536. The van der Waals surface area contributed by atoms with Crippen LogP contribution in [0, 0.1) is 6.92 Å². The van der Waals surface area contributed by atoms with Crippen LogP contribution in [-0.2, 0) is 11.2 Å². The monoisotopic (exact) mass is 378 g/mol. The lowest BCUT2D eigenvalue weighted by Gasteiger charge is -2.13. The molecule has 1 aliphatic heterocycles. The van der Waals surface area contributed by atoms with Gasteiger partial charge in [0.25, 0.3) is 11.8 Å². The van der Waals surface area contributed by atoms with Crippen molar-refractivity contribution < 1.29 is 14.4 Å². The minimum absolute atomic E-state index is 0.0352. The van der Waals surface area contributed by atoms with Gasteiger partial charge in [-0.3, -0.25) is 19.3 Å². The van der Waals surface area contributed by atoms with E-state index in [1.54, 1.807) is 24.3 Å². The van der Waals surface area contributed by atoms with E-state index in [2.05, 4.69) is 36.5 Å². The molecule has 1 N–H and O–H groups in total. The fourth-order valence-electron chi connectivity index (χ4n) is 3.37. The Balaban J connectivity index is 1.30. The SMILES string of the molecule is Cc1ccc(CCCCNC(=O)CCCN2C(=O)c3ccccc3C2=O)cc1. The Morgan fingerprint density at radius 1 is 0.893 bits per heavy atom. The third-order valence-electron chi connectivity index (χ3n) is 5.00. The van der Waals surface area contributed by atoms with Crippen molar-refractivity contribution >= 4 is 17.7 Å². The standard InChI is InChI=1S/C23H26N2O3/c1-17-11-13-18(14-12-17)7-4-5-15-24-21(26)10-6-16-25-22(27)19-8-2-3-9-20(19)23(25)28/h2-3,8-9,11-14H,4-7,10,15-16H2,1H3,(H,24,26). The van der Waals surface area contributed by atoms with Crippen molar-refractivity contribution in [2.75, 3.05) is 13.1 Å². The molecule has 0 unspecified atom stereocenters. The van der Waals surface area contributed by atoms with Crippen molar-refractivity contribution in [3.05, 3.63) is 70.8 Å².